The first-order valence-electron chi connectivity index (χ1n) is 7.33. The Balaban J connectivity index is 1.99. The first-order chi connectivity index (χ1) is 12.0. The van der Waals surface area contributed by atoms with Crippen LogP contribution >= 0.6 is 0 Å². The van der Waals surface area contributed by atoms with Crippen molar-refractivity contribution in [1.29, 1.82) is 0 Å². The number of carbonyl (C=O) groups excluding carboxylic acids is 2. The van der Waals surface area contributed by atoms with Crippen LogP contribution in [0.25, 0.3) is 10.9 Å². The molecule has 0 radical (unpaired) electrons. The monoisotopic (exact) mass is 340 g/mol. The second-order valence-corrected chi connectivity index (χ2v) is 5.33. The number of nitrogens with two attached hydrogens (primary N) is 1. The lowest BCUT2D eigenvalue weighted by molar-refractivity contribution is -0.127. The van der Waals surface area contributed by atoms with E-state index in [2.05, 4.69) is 4.98 Å². The van der Waals surface area contributed by atoms with E-state index in [1.54, 1.807) is 24.3 Å². The highest BCUT2D eigenvalue weighted by atomic mass is 19.1. The van der Waals surface area contributed by atoms with Crippen molar-refractivity contribution in [2.24, 2.45) is 5.73 Å². The Labute approximate surface area is 141 Å². The fraction of sp³-hybridized carbons (Fsp3) is 0.0556. The molecule has 0 aliphatic heterocycles. The average molecular weight is 340 g/mol. The zero-order chi connectivity index (χ0) is 18.0. The van der Waals surface area contributed by atoms with Gasteiger partial charge in [0.15, 0.2) is 0 Å². The third-order valence-electron chi connectivity index (χ3n) is 3.63. The van der Waals surface area contributed by atoms with E-state index in [9.17, 15) is 18.8 Å². The van der Waals surface area contributed by atoms with Gasteiger partial charge in [-0.25, -0.2) is 9.18 Å². The number of aromatic nitrogens is 1. The summed E-state index contributed by atoms with van der Waals surface area (Å²) in [5, 5.41) is 0.467. The zero-order valence-electron chi connectivity index (χ0n) is 12.9. The summed E-state index contributed by atoms with van der Waals surface area (Å²) >= 11 is 0. The predicted molar refractivity (Wildman–Crippen MR) is 88.3 cm³/mol. The van der Waals surface area contributed by atoms with E-state index in [1.165, 1.54) is 12.1 Å². The summed E-state index contributed by atoms with van der Waals surface area (Å²) < 4.78 is 18.2. The molecule has 0 unspecified atom stereocenters. The van der Waals surface area contributed by atoms with E-state index in [0.29, 0.717) is 10.9 Å². The molecule has 1 aromatic heterocycles. The summed E-state index contributed by atoms with van der Waals surface area (Å²) in [6.45, 7) is 0. The van der Waals surface area contributed by atoms with Gasteiger partial charge in [0.2, 0.25) is 11.7 Å². The van der Waals surface area contributed by atoms with Gasteiger partial charge in [-0.2, -0.15) is 0 Å². The minimum Gasteiger partial charge on any atom is -0.444 e. The third kappa shape index (κ3) is 3.40. The molecule has 3 aromatic rings. The Bertz CT molecular complexity index is 1010. The molecular weight excluding hydrogens is 327 g/mol. The molecule has 1 amide bonds. The number of hydrogen-bond acceptors (Lipinski definition) is 4. The highest BCUT2D eigenvalue weighted by Crippen LogP contribution is 2.22. The minimum atomic E-state index is -1.40. The first kappa shape index (κ1) is 16.4. The lowest BCUT2D eigenvalue weighted by Crippen LogP contribution is -2.26. The Morgan fingerprint density at radius 3 is 2.44 bits per heavy atom. The summed E-state index contributed by atoms with van der Waals surface area (Å²) in [7, 11) is 0. The van der Waals surface area contributed by atoms with Gasteiger partial charge in [-0.05, 0) is 18.2 Å². The van der Waals surface area contributed by atoms with Gasteiger partial charge in [0, 0.05) is 22.5 Å². The summed E-state index contributed by atoms with van der Waals surface area (Å²) in [5.41, 5.74) is 5.51. The standard InChI is InChI=1S/C18H13FN2O4/c19-11-7-5-10(6-8-11)16(17(20)23)25-18(24)13-9-15(22)21-14-4-2-1-3-12(13)14/h1-9,16H,(H2,20,23)(H,21,22)/t16-/m0/s1. The summed E-state index contributed by atoms with van der Waals surface area (Å²) in [5.74, 6) is -2.29. The highest BCUT2D eigenvalue weighted by molar-refractivity contribution is 6.04. The summed E-state index contributed by atoms with van der Waals surface area (Å²) in [6.07, 6.45) is -1.40. The maximum Gasteiger partial charge on any atom is 0.340 e. The van der Waals surface area contributed by atoms with Crippen LogP contribution in [-0.2, 0) is 9.53 Å². The van der Waals surface area contributed by atoms with Crippen LogP contribution in [0.1, 0.15) is 22.0 Å². The van der Waals surface area contributed by atoms with E-state index in [0.717, 1.165) is 18.2 Å². The lowest BCUT2D eigenvalue weighted by atomic mass is 10.1. The molecular formula is C18H13FN2O4. The van der Waals surface area contributed by atoms with Gasteiger partial charge in [-0.1, -0.05) is 30.3 Å². The smallest absolute Gasteiger partial charge is 0.340 e. The molecule has 6 nitrogen and oxygen atoms in total. The third-order valence-corrected chi connectivity index (χ3v) is 3.63. The molecule has 2 aromatic carbocycles. The topological polar surface area (TPSA) is 102 Å². The van der Waals surface area contributed by atoms with E-state index in [1.807, 2.05) is 0 Å². The Morgan fingerprint density at radius 1 is 1.08 bits per heavy atom. The van der Waals surface area contributed by atoms with Crippen LogP contribution in [0.3, 0.4) is 0 Å². The van der Waals surface area contributed by atoms with Crippen LogP contribution in [0, 0.1) is 5.82 Å². The number of aromatic amines is 1. The van der Waals surface area contributed by atoms with Crippen molar-refractivity contribution in [1.82, 2.24) is 4.98 Å². The van der Waals surface area contributed by atoms with E-state index < -0.39 is 29.4 Å². The number of ether oxygens (including phenoxy) is 1. The van der Waals surface area contributed by atoms with Crippen molar-refractivity contribution >= 4 is 22.8 Å². The van der Waals surface area contributed by atoms with Gasteiger partial charge in [-0.15, -0.1) is 0 Å². The van der Waals surface area contributed by atoms with E-state index in [-0.39, 0.29) is 11.1 Å². The maximum absolute atomic E-state index is 13.0. The van der Waals surface area contributed by atoms with Gasteiger partial charge < -0.3 is 15.5 Å². The Morgan fingerprint density at radius 2 is 1.76 bits per heavy atom. The molecule has 1 heterocycles. The molecule has 3 rings (SSSR count). The lowest BCUT2D eigenvalue weighted by Gasteiger charge is -2.15. The number of primary amides is 1. The van der Waals surface area contributed by atoms with Crippen LogP contribution < -0.4 is 11.3 Å². The van der Waals surface area contributed by atoms with Crippen molar-refractivity contribution in [3.63, 3.8) is 0 Å². The van der Waals surface area contributed by atoms with Gasteiger partial charge in [-0.3, -0.25) is 9.59 Å². The Hall–Kier alpha value is -3.48. The number of esters is 1. The molecule has 0 fully saturated rings. The number of amides is 1. The second kappa shape index (κ2) is 6.56. The molecule has 126 valence electrons. The van der Waals surface area contributed by atoms with Crippen LogP contribution in [0.2, 0.25) is 0 Å². The molecule has 0 aliphatic carbocycles. The maximum atomic E-state index is 13.0. The number of hydrogen-bond donors (Lipinski definition) is 2. The van der Waals surface area contributed by atoms with Crippen molar-refractivity contribution in [2.45, 2.75) is 6.10 Å². The van der Waals surface area contributed by atoms with Gasteiger partial charge >= 0.3 is 5.97 Å². The summed E-state index contributed by atoms with van der Waals surface area (Å²) in [6, 6.07) is 12.6. The largest absolute Gasteiger partial charge is 0.444 e. The zero-order valence-corrected chi connectivity index (χ0v) is 12.9. The number of H-pyrrole nitrogens is 1. The number of nitrogens with one attached hydrogen (secondary N) is 1. The van der Waals surface area contributed by atoms with Crippen molar-refractivity contribution < 1.29 is 18.7 Å². The first-order valence-corrected chi connectivity index (χ1v) is 7.33. The molecule has 0 bridgehead atoms. The SMILES string of the molecule is NC(=O)[C@@H](OC(=O)c1cc(=O)[nH]c2ccccc12)c1ccc(F)cc1. The fourth-order valence-electron chi connectivity index (χ4n) is 2.47. The molecule has 7 heteroatoms. The Kier molecular flexibility index (Phi) is 4.30. The number of fused-ring (bicyclic) bond motifs is 1. The fourth-order valence-corrected chi connectivity index (χ4v) is 2.47. The van der Waals surface area contributed by atoms with Crippen molar-refractivity contribution in [2.75, 3.05) is 0 Å². The number of benzene rings is 2. The second-order valence-electron chi connectivity index (χ2n) is 5.33. The van der Waals surface area contributed by atoms with Crippen molar-refractivity contribution in [3.05, 3.63) is 81.9 Å². The normalized spacial score (nSPS) is 11.9. The molecule has 1 atom stereocenters. The molecule has 0 aliphatic rings. The van der Waals surface area contributed by atoms with Crippen LogP contribution in [-0.4, -0.2) is 16.9 Å². The van der Waals surface area contributed by atoms with Gasteiger partial charge in [0.25, 0.3) is 5.91 Å². The average Bonchev–Trinajstić information content (AvgIpc) is 2.59. The molecule has 0 spiro atoms. The molecule has 0 saturated carbocycles. The molecule has 3 N–H and O–H groups in total. The number of rotatable bonds is 4. The molecule has 25 heavy (non-hydrogen) atoms. The number of pyridine rings is 1. The minimum absolute atomic E-state index is 0.00714. The van der Waals surface area contributed by atoms with Gasteiger partial charge in [0.1, 0.15) is 5.82 Å². The molecule has 0 saturated heterocycles. The quantitative estimate of drug-likeness (QED) is 0.710. The van der Waals surface area contributed by atoms with Crippen LogP contribution in [0.5, 0.6) is 0 Å². The number of carbonyl (C=O) groups is 2. The van der Waals surface area contributed by atoms with Crippen molar-refractivity contribution in [3.8, 4) is 0 Å². The van der Waals surface area contributed by atoms with E-state index >= 15 is 0 Å². The number of halogens is 1. The predicted octanol–water partition coefficient (Wildman–Crippen LogP) is 2.05. The van der Waals surface area contributed by atoms with Crippen LogP contribution in [0.15, 0.2) is 59.4 Å². The van der Waals surface area contributed by atoms with Crippen LogP contribution in [0.4, 0.5) is 4.39 Å². The van der Waals surface area contributed by atoms with E-state index in [4.69, 9.17) is 10.5 Å². The number of para-hydroxylation sites is 1. The highest BCUT2D eigenvalue weighted by Gasteiger charge is 2.24. The van der Waals surface area contributed by atoms with Gasteiger partial charge in [0.05, 0.1) is 5.56 Å². The summed E-state index contributed by atoms with van der Waals surface area (Å²) in [4.78, 5) is 38.5.